The van der Waals surface area contributed by atoms with Gasteiger partial charge in [0.15, 0.2) is 4.96 Å². The van der Waals surface area contributed by atoms with E-state index in [9.17, 15) is 0 Å². The standard InChI is InChI=1S/C13H14N4S/c1-10(11-2-4-14-5-3-11)15-8-12-9-17-6-7-18-13(17)16-12/h2-7,9-10,15H,8H2,1H3. The summed E-state index contributed by atoms with van der Waals surface area (Å²) in [5.74, 6) is 0. The van der Waals surface area contributed by atoms with Crippen molar-refractivity contribution in [2.45, 2.75) is 19.5 Å². The highest BCUT2D eigenvalue weighted by Gasteiger charge is 2.06. The summed E-state index contributed by atoms with van der Waals surface area (Å²) in [5.41, 5.74) is 2.31. The van der Waals surface area contributed by atoms with Gasteiger partial charge in [-0.05, 0) is 24.6 Å². The van der Waals surface area contributed by atoms with Crippen LogP contribution in [0, 0.1) is 0 Å². The molecule has 0 aliphatic rings. The minimum atomic E-state index is 0.299. The van der Waals surface area contributed by atoms with Crippen LogP contribution in [0.5, 0.6) is 0 Å². The summed E-state index contributed by atoms with van der Waals surface area (Å²) in [5, 5.41) is 5.51. The highest BCUT2D eigenvalue weighted by atomic mass is 32.1. The molecule has 0 saturated carbocycles. The molecular weight excluding hydrogens is 244 g/mol. The Morgan fingerprint density at radius 1 is 1.39 bits per heavy atom. The normalized spacial score (nSPS) is 12.9. The molecule has 1 atom stereocenters. The van der Waals surface area contributed by atoms with Gasteiger partial charge >= 0.3 is 0 Å². The predicted octanol–water partition coefficient (Wildman–Crippen LogP) is 2.64. The monoisotopic (exact) mass is 258 g/mol. The minimum absolute atomic E-state index is 0.299. The molecule has 3 rings (SSSR count). The maximum Gasteiger partial charge on any atom is 0.193 e. The average molecular weight is 258 g/mol. The summed E-state index contributed by atoms with van der Waals surface area (Å²) in [6, 6.07) is 4.36. The number of aromatic nitrogens is 3. The number of imidazole rings is 1. The Morgan fingerprint density at radius 3 is 3.00 bits per heavy atom. The molecule has 1 unspecified atom stereocenters. The molecule has 0 aliphatic heterocycles. The number of nitrogens with one attached hydrogen (secondary N) is 1. The molecule has 0 radical (unpaired) electrons. The first-order chi connectivity index (χ1) is 8.83. The molecular formula is C13H14N4S. The first-order valence-corrected chi connectivity index (χ1v) is 6.75. The van der Waals surface area contributed by atoms with E-state index in [1.807, 2.05) is 36.1 Å². The van der Waals surface area contributed by atoms with E-state index in [0.29, 0.717) is 6.04 Å². The first kappa shape index (κ1) is 11.4. The molecule has 5 heteroatoms. The summed E-state index contributed by atoms with van der Waals surface area (Å²) in [6.45, 7) is 2.92. The van der Waals surface area contributed by atoms with Gasteiger partial charge in [0.1, 0.15) is 0 Å². The van der Waals surface area contributed by atoms with Gasteiger partial charge in [-0.1, -0.05) is 0 Å². The van der Waals surface area contributed by atoms with Crippen molar-refractivity contribution in [1.29, 1.82) is 0 Å². The summed E-state index contributed by atoms with van der Waals surface area (Å²) < 4.78 is 2.05. The predicted molar refractivity (Wildman–Crippen MR) is 72.6 cm³/mol. The van der Waals surface area contributed by atoms with Crippen LogP contribution in [0.25, 0.3) is 4.96 Å². The number of fused-ring (bicyclic) bond motifs is 1. The maximum atomic E-state index is 4.54. The summed E-state index contributed by atoms with van der Waals surface area (Å²) in [7, 11) is 0. The summed E-state index contributed by atoms with van der Waals surface area (Å²) in [6.07, 6.45) is 7.74. The van der Waals surface area contributed by atoms with Crippen molar-refractivity contribution in [3.8, 4) is 0 Å². The van der Waals surface area contributed by atoms with Gasteiger partial charge in [-0.3, -0.25) is 9.38 Å². The van der Waals surface area contributed by atoms with E-state index in [-0.39, 0.29) is 0 Å². The Labute approximate surface area is 109 Å². The molecule has 0 fully saturated rings. The third-order valence-corrected chi connectivity index (χ3v) is 3.71. The van der Waals surface area contributed by atoms with E-state index in [2.05, 4.69) is 32.8 Å². The van der Waals surface area contributed by atoms with Crippen molar-refractivity contribution < 1.29 is 0 Å². The zero-order valence-electron chi connectivity index (χ0n) is 10.1. The van der Waals surface area contributed by atoms with E-state index in [1.54, 1.807) is 11.3 Å². The van der Waals surface area contributed by atoms with Crippen molar-refractivity contribution in [1.82, 2.24) is 19.7 Å². The molecule has 0 amide bonds. The Hall–Kier alpha value is -1.72. The Bertz CT molecular complexity index is 600. The molecule has 18 heavy (non-hydrogen) atoms. The van der Waals surface area contributed by atoms with Gasteiger partial charge in [0.25, 0.3) is 0 Å². The van der Waals surface area contributed by atoms with Crippen LogP contribution in [0.1, 0.15) is 24.2 Å². The second-order valence-electron chi connectivity index (χ2n) is 4.21. The van der Waals surface area contributed by atoms with E-state index in [0.717, 1.165) is 17.2 Å². The lowest BCUT2D eigenvalue weighted by Crippen LogP contribution is -2.18. The van der Waals surface area contributed by atoms with E-state index >= 15 is 0 Å². The number of nitrogens with zero attached hydrogens (tertiary/aromatic N) is 3. The molecule has 4 nitrogen and oxygen atoms in total. The minimum Gasteiger partial charge on any atom is -0.305 e. The molecule has 1 N–H and O–H groups in total. The smallest absolute Gasteiger partial charge is 0.193 e. The van der Waals surface area contributed by atoms with E-state index in [1.165, 1.54) is 5.56 Å². The van der Waals surface area contributed by atoms with Crippen molar-refractivity contribution in [3.05, 3.63) is 53.6 Å². The van der Waals surface area contributed by atoms with Crippen LogP contribution in [0.15, 0.2) is 42.3 Å². The van der Waals surface area contributed by atoms with Gasteiger partial charge in [-0.2, -0.15) is 0 Å². The third kappa shape index (κ3) is 2.27. The van der Waals surface area contributed by atoms with E-state index < -0.39 is 0 Å². The Kier molecular flexibility index (Phi) is 3.08. The van der Waals surface area contributed by atoms with Gasteiger partial charge in [0, 0.05) is 42.8 Å². The fourth-order valence-electron chi connectivity index (χ4n) is 1.89. The zero-order valence-corrected chi connectivity index (χ0v) is 10.9. The number of hydrogen-bond acceptors (Lipinski definition) is 4. The number of rotatable bonds is 4. The van der Waals surface area contributed by atoms with Crippen LogP contribution < -0.4 is 5.32 Å². The van der Waals surface area contributed by atoms with Gasteiger partial charge in [-0.15, -0.1) is 11.3 Å². The topological polar surface area (TPSA) is 42.2 Å². The quantitative estimate of drug-likeness (QED) is 0.782. The molecule has 0 spiro atoms. The molecule has 0 aromatic carbocycles. The van der Waals surface area contributed by atoms with Crippen LogP contribution in [0.2, 0.25) is 0 Å². The van der Waals surface area contributed by atoms with Gasteiger partial charge in [0.2, 0.25) is 0 Å². The highest BCUT2D eigenvalue weighted by molar-refractivity contribution is 7.15. The van der Waals surface area contributed by atoms with Crippen LogP contribution in [-0.4, -0.2) is 14.4 Å². The van der Waals surface area contributed by atoms with Crippen LogP contribution in [0.3, 0.4) is 0 Å². The molecule has 0 aliphatic carbocycles. The van der Waals surface area contributed by atoms with Crippen LogP contribution >= 0.6 is 11.3 Å². The summed E-state index contributed by atoms with van der Waals surface area (Å²) >= 11 is 1.65. The highest BCUT2D eigenvalue weighted by Crippen LogP contribution is 2.14. The summed E-state index contributed by atoms with van der Waals surface area (Å²) in [4.78, 5) is 9.62. The van der Waals surface area contributed by atoms with Gasteiger partial charge in [-0.25, -0.2) is 4.98 Å². The maximum absolute atomic E-state index is 4.54. The van der Waals surface area contributed by atoms with E-state index in [4.69, 9.17) is 0 Å². The molecule has 0 saturated heterocycles. The lowest BCUT2D eigenvalue weighted by atomic mass is 10.1. The number of pyridine rings is 1. The molecule has 3 heterocycles. The van der Waals surface area contributed by atoms with Crippen molar-refractivity contribution in [2.75, 3.05) is 0 Å². The fraction of sp³-hybridized carbons (Fsp3) is 0.231. The third-order valence-electron chi connectivity index (χ3n) is 2.94. The first-order valence-electron chi connectivity index (χ1n) is 5.87. The molecule has 92 valence electrons. The average Bonchev–Trinajstić information content (AvgIpc) is 2.97. The van der Waals surface area contributed by atoms with Crippen molar-refractivity contribution in [2.24, 2.45) is 0 Å². The lowest BCUT2D eigenvalue weighted by Gasteiger charge is -2.12. The Morgan fingerprint density at radius 2 is 2.22 bits per heavy atom. The fourth-order valence-corrected chi connectivity index (χ4v) is 2.61. The lowest BCUT2D eigenvalue weighted by molar-refractivity contribution is 0.568. The zero-order chi connectivity index (χ0) is 12.4. The molecule has 3 aromatic rings. The number of thiazole rings is 1. The van der Waals surface area contributed by atoms with Crippen molar-refractivity contribution in [3.63, 3.8) is 0 Å². The number of hydrogen-bond donors (Lipinski definition) is 1. The second-order valence-corrected chi connectivity index (χ2v) is 5.08. The SMILES string of the molecule is CC(NCc1cn2ccsc2n1)c1ccncc1. The molecule has 0 bridgehead atoms. The largest absolute Gasteiger partial charge is 0.305 e. The van der Waals surface area contributed by atoms with Gasteiger partial charge in [0.05, 0.1) is 5.69 Å². The van der Waals surface area contributed by atoms with Gasteiger partial charge < -0.3 is 5.32 Å². The molecule has 3 aromatic heterocycles. The van der Waals surface area contributed by atoms with Crippen LogP contribution in [0.4, 0.5) is 0 Å². The second kappa shape index (κ2) is 4.88. The van der Waals surface area contributed by atoms with Crippen LogP contribution in [-0.2, 0) is 6.54 Å². The van der Waals surface area contributed by atoms with Crippen molar-refractivity contribution >= 4 is 16.3 Å². The Balaban J connectivity index is 1.66.